The molecule has 1 aliphatic rings. The third-order valence-corrected chi connectivity index (χ3v) is 6.91. The highest BCUT2D eigenvalue weighted by Gasteiger charge is 2.21. The number of hydrogen-bond acceptors (Lipinski definition) is 4. The predicted octanol–water partition coefficient (Wildman–Crippen LogP) is 2.74. The number of sulfonamides is 1. The van der Waals surface area contributed by atoms with Gasteiger partial charge in [0.2, 0.25) is 15.9 Å². The van der Waals surface area contributed by atoms with Crippen molar-refractivity contribution in [1.29, 1.82) is 0 Å². The molecule has 0 unspecified atom stereocenters. The number of hydrogen-bond donors (Lipinski definition) is 1. The molecule has 0 atom stereocenters. The maximum atomic E-state index is 12.6. The van der Waals surface area contributed by atoms with Crippen LogP contribution in [0.15, 0.2) is 59.5 Å². The smallest absolute Gasteiger partial charge is 0.242 e. The number of carbonyl (C=O) groups is 1. The average molecular weight is 436 g/mol. The molecule has 1 aliphatic heterocycles. The van der Waals surface area contributed by atoms with E-state index >= 15 is 0 Å². The van der Waals surface area contributed by atoms with Crippen molar-refractivity contribution in [3.05, 3.63) is 65.2 Å². The van der Waals surface area contributed by atoms with Gasteiger partial charge in [0.05, 0.1) is 5.02 Å². The van der Waals surface area contributed by atoms with Gasteiger partial charge < -0.3 is 4.90 Å². The van der Waals surface area contributed by atoms with E-state index in [1.165, 1.54) is 17.7 Å². The number of halogens is 1. The molecule has 0 radical (unpaired) electrons. The molecule has 0 aromatic heterocycles. The molecule has 29 heavy (non-hydrogen) atoms. The molecule has 6 nitrogen and oxygen atoms in total. The Hall–Kier alpha value is -1.93. The molecular weight excluding hydrogens is 410 g/mol. The Morgan fingerprint density at radius 3 is 2.45 bits per heavy atom. The van der Waals surface area contributed by atoms with Crippen LogP contribution in [0.4, 0.5) is 0 Å². The minimum absolute atomic E-state index is 0.0282. The Labute approximate surface area is 177 Å². The van der Waals surface area contributed by atoms with Crippen molar-refractivity contribution in [1.82, 2.24) is 14.5 Å². The largest absolute Gasteiger partial charge is 0.341 e. The van der Waals surface area contributed by atoms with Crippen molar-refractivity contribution >= 4 is 27.5 Å². The molecule has 2 aromatic carbocycles. The second kappa shape index (κ2) is 10.2. The van der Waals surface area contributed by atoms with Crippen molar-refractivity contribution in [2.75, 3.05) is 32.7 Å². The van der Waals surface area contributed by atoms with E-state index in [2.05, 4.69) is 21.8 Å². The molecule has 0 saturated carbocycles. The highest BCUT2D eigenvalue weighted by Crippen LogP contribution is 2.20. The minimum atomic E-state index is -3.73. The fraction of sp³-hybridized carbons (Fsp3) is 0.381. The number of benzene rings is 2. The first-order chi connectivity index (χ1) is 14.0. The van der Waals surface area contributed by atoms with Gasteiger partial charge in [0.15, 0.2) is 0 Å². The fourth-order valence-electron chi connectivity index (χ4n) is 3.41. The summed E-state index contributed by atoms with van der Waals surface area (Å²) in [5, 5.41) is 0.164. The molecule has 0 bridgehead atoms. The molecule has 0 aliphatic carbocycles. The van der Waals surface area contributed by atoms with Gasteiger partial charge in [-0.25, -0.2) is 13.1 Å². The van der Waals surface area contributed by atoms with Crippen LogP contribution < -0.4 is 4.72 Å². The van der Waals surface area contributed by atoms with Gasteiger partial charge in [0.25, 0.3) is 0 Å². The first-order valence-corrected chi connectivity index (χ1v) is 11.6. The van der Waals surface area contributed by atoms with E-state index in [0.29, 0.717) is 13.1 Å². The SMILES string of the molecule is O=C(CCNS(=O)(=O)c1ccccc1Cl)N1CCCN(Cc2ccccc2)CC1. The maximum absolute atomic E-state index is 12.6. The lowest BCUT2D eigenvalue weighted by atomic mass is 10.2. The summed E-state index contributed by atoms with van der Waals surface area (Å²) in [6, 6.07) is 16.6. The second-order valence-electron chi connectivity index (χ2n) is 7.07. The monoisotopic (exact) mass is 435 g/mol. The molecule has 1 amide bonds. The zero-order valence-corrected chi connectivity index (χ0v) is 17.8. The van der Waals surface area contributed by atoms with Crippen LogP contribution in [0.5, 0.6) is 0 Å². The molecule has 0 spiro atoms. The van der Waals surface area contributed by atoms with Gasteiger partial charge in [0.1, 0.15) is 4.90 Å². The number of carbonyl (C=O) groups excluding carboxylic acids is 1. The van der Waals surface area contributed by atoms with Crippen LogP contribution >= 0.6 is 11.6 Å². The Kier molecular flexibility index (Phi) is 7.66. The zero-order chi connectivity index (χ0) is 20.7. The molecule has 3 rings (SSSR count). The number of rotatable bonds is 7. The number of nitrogens with one attached hydrogen (secondary N) is 1. The van der Waals surface area contributed by atoms with Gasteiger partial charge in [-0.1, -0.05) is 54.1 Å². The normalized spacial score (nSPS) is 15.8. The number of amides is 1. The zero-order valence-electron chi connectivity index (χ0n) is 16.3. The van der Waals surface area contributed by atoms with E-state index in [4.69, 9.17) is 11.6 Å². The summed E-state index contributed by atoms with van der Waals surface area (Å²) in [5.41, 5.74) is 1.27. The summed E-state index contributed by atoms with van der Waals surface area (Å²) in [6.07, 6.45) is 1.03. The first-order valence-electron chi connectivity index (χ1n) is 9.74. The quantitative estimate of drug-likeness (QED) is 0.726. The summed E-state index contributed by atoms with van der Waals surface area (Å²) in [7, 11) is -3.73. The van der Waals surface area contributed by atoms with E-state index in [1.807, 2.05) is 23.1 Å². The summed E-state index contributed by atoms with van der Waals surface area (Å²) in [5.74, 6) is -0.0339. The summed E-state index contributed by atoms with van der Waals surface area (Å²) in [6.45, 7) is 4.03. The fourth-order valence-corrected chi connectivity index (χ4v) is 4.96. The Bertz CT molecular complexity index is 922. The van der Waals surface area contributed by atoms with Crippen molar-refractivity contribution in [3.8, 4) is 0 Å². The molecule has 2 aromatic rings. The molecule has 1 heterocycles. The molecular formula is C21H26ClN3O3S. The van der Waals surface area contributed by atoms with Crippen molar-refractivity contribution < 1.29 is 13.2 Å². The standard InChI is InChI=1S/C21H26ClN3O3S/c22-19-9-4-5-10-20(19)29(27,28)23-12-11-21(26)25-14-6-13-24(15-16-25)17-18-7-2-1-3-8-18/h1-5,7-10,23H,6,11-17H2. The lowest BCUT2D eigenvalue weighted by molar-refractivity contribution is -0.130. The third kappa shape index (κ3) is 6.27. The van der Waals surface area contributed by atoms with Gasteiger partial charge in [-0.2, -0.15) is 0 Å². The van der Waals surface area contributed by atoms with Gasteiger partial charge in [0, 0.05) is 45.7 Å². The van der Waals surface area contributed by atoms with Gasteiger partial charge in [-0.3, -0.25) is 9.69 Å². The lowest BCUT2D eigenvalue weighted by Crippen LogP contribution is -2.37. The highest BCUT2D eigenvalue weighted by molar-refractivity contribution is 7.89. The highest BCUT2D eigenvalue weighted by atomic mass is 35.5. The molecule has 1 fully saturated rings. The second-order valence-corrected chi connectivity index (χ2v) is 9.22. The van der Waals surface area contributed by atoms with Gasteiger partial charge >= 0.3 is 0 Å². The topological polar surface area (TPSA) is 69.7 Å². The van der Waals surface area contributed by atoms with E-state index in [1.54, 1.807) is 12.1 Å². The summed E-state index contributed by atoms with van der Waals surface area (Å²) in [4.78, 5) is 16.8. The van der Waals surface area contributed by atoms with Crippen LogP contribution in [0.3, 0.4) is 0 Å². The lowest BCUT2D eigenvalue weighted by Gasteiger charge is -2.22. The van der Waals surface area contributed by atoms with Crippen LogP contribution in [-0.2, 0) is 21.4 Å². The van der Waals surface area contributed by atoms with E-state index in [0.717, 1.165) is 26.1 Å². The van der Waals surface area contributed by atoms with E-state index < -0.39 is 10.0 Å². The van der Waals surface area contributed by atoms with Crippen molar-refractivity contribution in [2.24, 2.45) is 0 Å². The van der Waals surface area contributed by atoms with E-state index in [-0.39, 0.29) is 28.8 Å². The molecule has 8 heteroatoms. The Balaban J connectivity index is 1.47. The maximum Gasteiger partial charge on any atom is 0.242 e. The third-order valence-electron chi connectivity index (χ3n) is 4.95. The Morgan fingerprint density at radius 2 is 1.69 bits per heavy atom. The van der Waals surface area contributed by atoms with Crippen LogP contribution in [0.25, 0.3) is 0 Å². The van der Waals surface area contributed by atoms with Gasteiger partial charge in [-0.05, 0) is 24.1 Å². The molecule has 156 valence electrons. The van der Waals surface area contributed by atoms with Gasteiger partial charge in [-0.15, -0.1) is 0 Å². The first kappa shape index (κ1) is 21.8. The van der Waals surface area contributed by atoms with Crippen molar-refractivity contribution in [3.63, 3.8) is 0 Å². The summed E-state index contributed by atoms with van der Waals surface area (Å²) >= 11 is 5.96. The minimum Gasteiger partial charge on any atom is -0.341 e. The molecule has 1 saturated heterocycles. The van der Waals surface area contributed by atoms with Crippen LogP contribution in [0, 0.1) is 0 Å². The summed E-state index contributed by atoms with van der Waals surface area (Å²) < 4.78 is 27.2. The van der Waals surface area contributed by atoms with E-state index in [9.17, 15) is 13.2 Å². The van der Waals surface area contributed by atoms with Crippen LogP contribution in [-0.4, -0.2) is 56.8 Å². The van der Waals surface area contributed by atoms with Crippen molar-refractivity contribution in [2.45, 2.75) is 24.3 Å². The predicted molar refractivity (Wildman–Crippen MR) is 114 cm³/mol. The number of nitrogens with zero attached hydrogens (tertiary/aromatic N) is 2. The van der Waals surface area contributed by atoms with Crippen LogP contribution in [0.1, 0.15) is 18.4 Å². The Morgan fingerprint density at radius 1 is 0.966 bits per heavy atom. The average Bonchev–Trinajstić information content (AvgIpc) is 2.94. The van der Waals surface area contributed by atoms with Crippen LogP contribution in [0.2, 0.25) is 5.02 Å². The molecule has 1 N–H and O–H groups in total.